The maximum atomic E-state index is 8.67. The summed E-state index contributed by atoms with van der Waals surface area (Å²) in [6, 6.07) is 0.642. The van der Waals surface area contributed by atoms with E-state index in [0.717, 1.165) is 13.1 Å². The lowest BCUT2D eigenvalue weighted by Gasteiger charge is -2.40. The summed E-state index contributed by atoms with van der Waals surface area (Å²) in [6.07, 6.45) is 0. The predicted octanol–water partition coefficient (Wildman–Crippen LogP) is -0.990. The molecule has 1 rings (SSSR count). The summed E-state index contributed by atoms with van der Waals surface area (Å²) in [7, 11) is 0. The molecule has 1 unspecified atom stereocenters. The number of likely N-dealkylation sites (tertiary alicyclic amines) is 1. The molecule has 54 valence electrons. The number of aliphatic hydroxyl groups excluding tert-OH is 1. The van der Waals surface area contributed by atoms with E-state index in [1.54, 1.807) is 0 Å². The van der Waals surface area contributed by atoms with E-state index >= 15 is 0 Å². The van der Waals surface area contributed by atoms with Crippen LogP contribution in [0.5, 0.6) is 0 Å². The molecule has 9 heavy (non-hydrogen) atoms. The van der Waals surface area contributed by atoms with Gasteiger partial charge in [-0.3, -0.25) is 4.90 Å². The van der Waals surface area contributed by atoms with Crippen molar-refractivity contribution in [2.24, 2.45) is 5.73 Å². The van der Waals surface area contributed by atoms with Crippen LogP contribution in [0.3, 0.4) is 0 Å². The highest BCUT2D eigenvalue weighted by Crippen LogP contribution is 2.08. The highest BCUT2D eigenvalue weighted by Gasteiger charge is 2.26. The van der Waals surface area contributed by atoms with Crippen LogP contribution in [-0.4, -0.2) is 41.8 Å². The zero-order valence-electron chi connectivity index (χ0n) is 5.75. The van der Waals surface area contributed by atoms with E-state index in [1.165, 1.54) is 0 Å². The van der Waals surface area contributed by atoms with Gasteiger partial charge in [0.25, 0.3) is 0 Å². The van der Waals surface area contributed by atoms with E-state index in [-0.39, 0.29) is 6.61 Å². The number of rotatable bonds is 2. The van der Waals surface area contributed by atoms with E-state index in [4.69, 9.17) is 10.8 Å². The van der Waals surface area contributed by atoms with Crippen molar-refractivity contribution < 1.29 is 5.11 Å². The Hall–Kier alpha value is -0.120. The Morgan fingerprint density at radius 1 is 1.78 bits per heavy atom. The molecule has 0 spiro atoms. The second-order valence-corrected chi connectivity index (χ2v) is 2.75. The van der Waals surface area contributed by atoms with Gasteiger partial charge in [-0.2, -0.15) is 0 Å². The molecular weight excluding hydrogens is 116 g/mol. The third-order valence-electron chi connectivity index (χ3n) is 1.83. The summed E-state index contributed by atoms with van der Waals surface area (Å²) >= 11 is 0. The summed E-state index contributed by atoms with van der Waals surface area (Å²) < 4.78 is 0. The van der Waals surface area contributed by atoms with E-state index in [2.05, 4.69) is 4.90 Å². The first-order valence-corrected chi connectivity index (χ1v) is 3.34. The molecule has 0 bridgehead atoms. The third kappa shape index (κ3) is 1.41. The molecule has 0 saturated carbocycles. The molecule has 1 fully saturated rings. The number of hydrogen-bond donors (Lipinski definition) is 2. The summed E-state index contributed by atoms with van der Waals surface area (Å²) in [5.41, 5.74) is 5.54. The van der Waals surface area contributed by atoms with E-state index in [9.17, 15) is 0 Å². The second-order valence-electron chi connectivity index (χ2n) is 2.75. The van der Waals surface area contributed by atoms with Crippen LogP contribution in [0, 0.1) is 0 Å². The van der Waals surface area contributed by atoms with Crippen LogP contribution in [0.15, 0.2) is 0 Å². The summed E-state index contributed by atoms with van der Waals surface area (Å²) in [4.78, 5) is 2.17. The normalized spacial score (nSPS) is 25.7. The fourth-order valence-electron chi connectivity index (χ4n) is 1.02. The van der Waals surface area contributed by atoms with Crippen molar-refractivity contribution >= 4 is 0 Å². The zero-order valence-corrected chi connectivity index (χ0v) is 5.75. The SMILES string of the molecule is CC(CO)N1CC(N)C1. The molecule has 0 radical (unpaired) electrons. The molecule has 3 heteroatoms. The number of nitrogens with zero attached hydrogens (tertiary/aromatic N) is 1. The van der Waals surface area contributed by atoms with Gasteiger partial charge in [-0.25, -0.2) is 0 Å². The maximum Gasteiger partial charge on any atom is 0.0584 e. The fourth-order valence-corrected chi connectivity index (χ4v) is 1.02. The first-order valence-electron chi connectivity index (χ1n) is 3.34. The molecule has 3 nitrogen and oxygen atoms in total. The first-order chi connectivity index (χ1) is 4.24. The van der Waals surface area contributed by atoms with Gasteiger partial charge in [0.2, 0.25) is 0 Å². The summed E-state index contributed by atoms with van der Waals surface area (Å²) in [5, 5.41) is 8.67. The molecule has 1 aliphatic heterocycles. The van der Waals surface area contributed by atoms with Crippen molar-refractivity contribution in [3.8, 4) is 0 Å². The van der Waals surface area contributed by atoms with E-state index in [1.807, 2.05) is 6.92 Å². The van der Waals surface area contributed by atoms with Gasteiger partial charge in [0, 0.05) is 25.2 Å². The molecule has 0 aromatic heterocycles. The monoisotopic (exact) mass is 130 g/mol. The molecule has 0 amide bonds. The van der Waals surface area contributed by atoms with Crippen molar-refractivity contribution in [1.29, 1.82) is 0 Å². The summed E-state index contributed by atoms with van der Waals surface area (Å²) in [6.45, 7) is 4.14. The minimum absolute atomic E-state index is 0.243. The van der Waals surface area contributed by atoms with Gasteiger partial charge in [-0.15, -0.1) is 0 Å². The molecule has 3 N–H and O–H groups in total. The Labute approximate surface area is 55.5 Å². The van der Waals surface area contributed by atoms with Crippen LogP contribution in [-0.2, 0) is 0 Å². The standard InChI is InChI=1S/C6H14N2O/c1-5(4-9)8-2-6(7)3-8/h5-6,9H,2-4,7H2,1H3. The van der Waals surface area contributed by atoms with Gasteiger partial charge >= 0.3 is 0 Å². The Balaban J connectivity index is 2.15. The van der Waals surface area contributed by atoms with Crippen LogP contribution in [0.2, 0.25) is 0 Å². The minimum atomic E-state index is 0.243. The molecule has 1 heterocycles. The second kappa shape index (κ2) is 2.64. The Bertz CT molecular complexity index is 91.1. The fraction of sp³-hybridized carbons (Fsp3) is 1.00. The topological polar surface area (TPSA) is 49.5 Å². The highest BCUT2D eigenvalue weighted by molar-refractivity contribution is 4.85. The zero-order chi connectivity index (χ0) is 6.85. The number of hydrogen-bond acceptors (Lipinski definition) is 3. The average molecular weight is 130 g/mol. The van der Waals surface area contributed by atoms with E-state index in [0.29, 0.717) is 12.1 Å². The molecule has 1 saturated heterocycles. The Kier molecular flexibility index (Phi) is 2.05. The van der Waals surface area contributed by atoms with Gasteiger partial charge in [-0.1, -0.05) is 0 Å². The first kappa shape index (κ1) is 6.99. The van der Waals surface area contributed by atoms with Gasteiger partial charge in [0.05, 0.1) is 6.61 Å². The average Bonchev–Trinajstić information content (AvgIpc) is 1.79. The van der Waals surface area contributed by atoms with Crippen molar-refractivity contribution in [3.63, 3.8) is 0 Å². The van der Waals surface area contributed by atoms with Crippen molar-refractivity contribution in [2.45, 2.75) is 19.0 Å². The molecule has 0 aromatic carbocycles. The Morgan fingerprint density at radius 2 is 2.33 bits per heavy atom. The van der Waals surface area contributed by atoms with Gasteiger partial charge < -0.3 is 10.8 Å². The van der Waals surface area contributed by atoms with Gasteiger partial charge in [-0.05, 0) is 6.92 Å². The third-order valence-corrected chi connectivity index (χ3v) is 1.83. The van der Waals surface area contributed by atoms with Gasteiger partial charge in [0.1, 0.15) is 0 Å². The van der Waals surface area contributed by atoms with Crippen LogP contribution < -0.4 is 5.73 Å². The van der Waals surface area contributed by atoms with Crippen molar-refractivity contribution in [3.05, 3.63) is 0 Å². The molecule has 1 aliphatic rings. The largest absolute Gasteiger partial charge is 0.395 e. The lowest BCUT2D eigenvalue weighted by molar-refractivity contribution is 0.0653. The number of aliphatic hydroxyl groups is 1. The number of nitrogens with two attached hydrogens (primary N) is 1. The van der Waals surface area contributed by atoms with Crippen LogP contribution in [0.25, 0.3) is 0 Å². The maximum absolute atomic E-state index is 8.67. The van der Waals surface area contributed by atoms with Crippen LogP contribution >= 0.6 is 0 Å². The summed E-state index contributed by atoms with van der Waals surface area (Å²) in [5.74, 6) is 0. The minimum Gasteiger partial charge on any atom is -0.395 e. The van der Waals surface area contributed by atoms with Crippen LogP contribution in [0.4, 0.5) is 0 Å². The molecule has 0 aliphatic carbocycles. The predicted molar refractivity (Wildman–Crippen MR) is 36.1 cm³/mol. The highest BCUT2D eigenvalue weighted by atomic mass is 16.3. The van der Waals surface area contributed by atoms with Gasteiger partial charge in [0.15, 0.2) is 0 Å². The van der Waals surface area contributed by atoms with E-state index < -0.39 is 0 Å². The lowest BCUT2D eigenvalue weighted by Crippen LogP contribution is -2.59. The molecule has 1 atom stereocenters. The quantitative estimate of drug-likeness (QED) is 0.504. The molecule has 0 aromatic rings. The smallest absolute Gasteiger partial charge is 0.0584 e. The molecular formula is C6H14N2O. The Morgan fingerprint density at radius 3 is 2.67 bits per heavy atom. The van der Waals surface area contributed by atoms with Crippen molar-refractivity contribution in [1.82, 2.24) is 4.90 Å². The van der Waals surface area contributed by atoms with Crippen molar-refractivity contribution in [2.75, 3.05) is 19.7 Å². The lowest BCUT2D eigenvalue weighted by atomic mass is 10.1. The van der Waals surface area contributed by atoms with Crippen LogP contribution in [0.1, 0.15) is 6.92 Å².